The molecule has 1 aromatic rings. The maximum atomic E-state index is 10.0. The predicted octanol–water partition coefficient (Wildman–Crippen LogP) is 2.47. The van der Waals surface area contributed by atoms with Crippen LogP contribution in [0.25, 0.3) is 0 Å². The molecule has 3 nitrogen and oxygen atoms in total. The van der Waals surface area contributed by atoms with Gasteiger partial charge in [0.05, 0.1) is 18.3 Å². The van der Waals surface area contributed by atoms with E-state index < -0.39 is 0 Å². The molecule has 0 fully saturated rings. The second kappa shape index (κ2) is 5.48. The van der Waals surface area contributed by atoms with Gasteiger partial charge in [-0.1, -0.05) is 27.2 Å². The van der Waals surface area contributed by atoms with Crippen molar-refractivity contribution in [1.82, 2.24) is 9.78 Å². The van der Waals surface area contributed by atoms with Crippen molar-refractivity contribution in [3.63, 3.8) is 0 Å². The monoisotopic (exact) mass is 224 g/mol. The zero-order chi connectivity index (χ0) is 12.3. The summed E-state index contributed by atoms with van der Waals surface area (Å²) in [4.78, 5) is 0. The third-order valence-electron chi connectivity index (χ3n) is 3.55. The summed E-state index contributed by atoms with van der Waals surface area (Å²) in [6, 6.07) is 0. The van der Waals surface area contributed by atoms with Gasteiger partial charge in [0, 0.05) is 5.69 Å². The first-order valence-electron chi connectivity index (χ1n) is 6.22. The van der Waals surface area contributed by atoms with Crippen molar-refractivity contribution in [3.8, 4) is 0 Å². The van der Waals surface area contributed by atoms with Crippen molar-refractivity contribution in [1.29, 1.82) is 0 Å². The highest BCUT2D eigenvalue weighted by Crippen LogP contribution is 2.16. The van der Waals surface area contributed by atoms with Crippen LogP contribution in [-0.2, 0) is 13.0 Å². The average molecular weight is 224 g/mol. The van der Waals surface area contributed by atoms with Crippen LogP contribution in [0.5, 0.6) is 0 Å². The summed E-state index contributed by atoms with van der Waals surface area (Å²) in [5.74, 6) is 0.328. The van der Waals surface area contributed by atoms with Gasteiger partial charge in [0.25, 0.3) is 0 Å². The number of aryl methyl sites for hydroxylation is 1. The van der Waals surface area contributed by atoms with Gasteiger partial charge < -0.3 is 5.11 Å². The lowest BCUT2D eigenvalue weighted by atomic mass is 10.0. The molecule has 0 saturated carbocycles. The van der Waals surface area contributed by atoms with Crippen LogP contribution in [-0.4, -0.2) is 21.0 Å². The molecule has 1 rings (SSSR count). The normalized spacial score (nSPS) is 15.1. The molecule has 0 bridgehead atoms. The molecule has 0 amide bonds. The van der Waals surface area contributed by atoms with E-state index in [2.05, 4.69) is 32.8 Å². The van der Waals surface area contributed by atoms with Gasteiger partial charge in [-0.2, -0.15) is 5.10 Å². The second-order valence-corrected chi connectivity index (χ2v) is 4.64. The fourth-order valence-corrected chi connectivity index (χ4v) is 2.05. The van der Waals surface area contributed by atoms with E-state index in [1.165, 1.54) is 11.3 Å². The molecule has 1 aromatic heterocycles. The molecule has 16 heavy (non-hydrogen) atoms. The summed E-state index contributed by atoms with van der Waals surface area (Å²) >= 11 is 0. The third kappa shape index (κ3) is 2.64. The molecule has 0 radical (unpaired) electrons. The Labute approximate surface area is 98.5 Å². The fraction of sp³-hybridized carbons (Fsp3) is 0.769. The molecule has 1 N–H and O–H groups in total. The Bertz CT molecular complexity index is 344. The first kappa shape index (κ1) is 13.2. The van der Waals surface area contributed by atoms with Crippen LogP contribution in [0.3, 0.4) is 0 Å². The number of aliphatic hydroxyl groups is 1. The highest BCUT2D eigenvalue weighted by molar-refractivity contribution is 5.24. The lowest BCUT2D eigenvalue weighted by Gasteiger charge is -2.17. The Morgan fingerprint density at radius 1 is 1.31 bits per heavy atom. The first-order chi connectivity index (χ1) is 7.51. The molecule has 1 heterocycles. The van der Waals surface area contributed by atoms with Crippen LogP contribution >= 0.6 is 0 Å². The minimum absolute atomic E-state index is 0.298. The fourth-order valence-electron chi connectivity index (χ4n) is 2.05. The van der Waals surface area contributed by atoms with Gasteiger partial charge in [-0.25, -0.2) is 0 Å². The van der Waals surface area contributed by atoms with E-state index in [0.717, 1.165) is 18.5 Å². The minimum Gasteiger partial charge on any atom is -0.391 e. The smallest absolute Gasteiger partial charge is 0.0761 e. The zero-order valence-corrected chi connectivity index (χ0v) is 11.1. The molecule has 92 valence electrons. The van der Waals surface area contributed by atoms with Crippen molar-refractivity contribution in [2.45, 2.75) is 60.1 Å². The Hall–Kier alpha value is -0.830. The molecule has 2 unspecified atom stereocenters. The molecular weight excluding hydrogens is 200 g/mol. The van der Waals surface area contributed by atoms with E-state index in [9.17, 15) is 5.11 Å². The summed E-state index contributed by atoms with van der Waals surface area (Å²) in [6.45, 7) is 11.1. The molecule has 2 atom stereocenters. The van der Waals surface area contributed by atoms with Crippen LogP contribution in [0.4, 0.5) is 0 Å². The molecule has 0 aromatic carbocycles. The molecule has 0 saturated heterocycles. The van der Waals surface area contributed by atoms with E-state index in [1.807, 2.05) is 11.6 Å². The van der Waals surface area contributed by atoms with Crippen molar-refractivity contribution in [3.05, 3.63) is 17.0 Å². The number of hydrogen-bond acceptors (Lipinski definition) is 2. The molecule has 3 heteroatoms. The lowest BCUT2D eigenvalue weighted by molar-refractivity contribution is 0.0921. The summed E-state index contributed by atoms with van der Waals surface area (Å²) in [7, 11) is 0. The highest BCUT2D eigenvalue weighted by atomic mass is 16.3. The number of hydrogen-bond donors (Lipinski definition) is 1. The topological polar surface area (TPSA) is 38.0 Å². The van der Waals surface area contributed by atoms with E-state index in [4.69, 9.17) is 0 Å². The van der Waals surface area contributed by atoms with Crippen LogP contribution < -0.4 is 0 Å². The SMILES string of the molecule is CCc1c(C)nn(CC(O)C(C)CC)c1C. The number of aromatic nitrogens is 2. The largest absolute Gasteiger partial charge is 0.391 e. The molecular formula is C13H24N2O. The van der Waals surface area contributed by atoms with Crippen molar-refractivity contribution in [2.75, 3.05) is 0 Å². The summed E-state index contributed by atoms with van der Waals surface area (Å²) in [5.41, 5.74) is 3.61. The van der Waals surface area contributed by atoms with Gasteiger partial charge in [0.15, 0.2) is 0 Å². The Balaban J connectivity index is 2.82. The van der Waals surface area contributed by atoms with Gasteiger partial charge in [-0.15, -0.1) is 0 Å². The van der Waals surface area contributed by atoms with Crippen LogP contribution in [0.15, 0.2) is 0 Å². The van der Waals surface area contributed by atoms with Crippen molar-refractivity contribution in [2.24, 2.45) is 5.92 Å². The molecule has 0 aliphatic heterocycles. The third-order valence-corrected chi connectivity index (χ3v) is 3.55. The standard InChI is InChI=1S/C13H24N2O/c1-6-9(3)13(16)8-15-11(5)12(7-2)10(4)14-15/h9,13,16H,6-8H2,1-5H3. The summed E-state index contributed by atoms with van der Waals surface area (Å²) in [6.07, 6.45) is 1.71. The molecule has 0 aliphatic rings. The maximum absolute atomic E-state index is 10.0. The van der Waals surface area contributed by atoms with Crippen LogP contribution in [0.2, 0.25) is 0 Å². The van der Waals surface area contributed by atoms with Crippen molar-refractivity contribution < 1.29 is 5.11 Å². The molecule has 0 spiro atoms. The van der Waals surface area contributed by atoms with Gasteiger partial charge in [0.2, 0.25) is 0 Å². The first-order valence-corrected chi connectivity index (χ1v) is 6.22. The van der Waals surface area contributed by atoms with Gasteiger partial charge >= 0.3 is 0 Å². The Morgan fingerprint density at radius 3 is 2.38 bits per heavy atom. The van der Waals surface area contributed by atoms with Crippen LogP contribution in [0, 0.1) is 19.8 Å². The number of nitrogens with zero attached hydrogens (tertiary/aromatic N) is 2. The Morgan fingerprint density at radius 2 is 1.94 bits per heavy atom. The second-order valence-electron chi connectivity index (χ2n) is 4.64. The lowest BCUT2D eigenvalue weighted by Crippen LogP contribution is -2.24. The summed E-state index contributed by atoms with van der Waals surface area (Å²) in [5, 5.41) is 14.5. The van der Waals surface area contributed by atoms with Gasteiger partial charge in [-0.3, -0.25) is 4.68 Å². The van der Waals surface area contributed by atoms with E-state index >= 15 is 0 Å². The maximum Gasteiger partial charge on any atom is 0.0761 e. The number of aliphatic hydroxyl groups excluding tert-OH is 1. The van der Waals surface area contributed by atoms with E-state index in [-0.39, 0.29) is 6.10 Å². The minimum atomic E-state index is -0.298. The van der Waals surface area contributed by atoms with E-state index in [1.54, 1.807) is 0 Å². The van der Waals surface area contributed by atoms with Gasteiger partial charge in [0.1, 0.15) is 0 Å². The van der Waals surface area contributed by atoms with E-state index in [0.29, 0.717) is 12.5 Å². The molecule has 0 aliphatic carbocycles. The number of rotatable bonds is 5. The van der Waals surface area contributed by atoms with Gasteiger partial charge in [-0.05, 0) is 31.7 Å². The average Bonchev–Trinajstić information content (AvgIpc) is 2.52. The quantitative estimate of drug-likeness (QED) is 0.834. The highest BCUT2D eigenvalue weighted by Gasteiger charge is 2.16. The van der Waals surface area contributed by atoms with Crippen LogP contribution in [0.1, 0.15) is 44.1 Å². The Kier molecular flexibility index (Phi) is 4.54. The van der Waals surface area contributed by atoms with Crippen molar-refractivity contribution >= 4 is 0 Å². The summed E-state index contributed by atoms with van der Waals surface area (Å²) < 4.78 is 1.95. The zero-order valence-electron chi connectivity index (χ0n) is 11.1. The predicted molar refractivity (Wildman–Crippen MR) is 66.5 cm³/mol.